The van der Waals surface area contributed by atoms with Crippen LogP contribution in [0.15, 0.2) is 22.7 Å². The maximum absolute atomic E-state index is 12.3. The summed E-state index contributed by atoms with van der Waals surface area (Å²) in [4.78, 5) is 14.6. The van der Waals surface area contributed by atoms with Crippen LogP contribution in [-0.2, 0) is 4.79 Å². The topological polar surface area (TPSA) is 58.4 Å². The average molecular weight is 366 g/mol. The smallest absolute Gasteiger partial charge is 0.238 e. The molecule has 0 bridgehead atoms. The van der Waals surface area contributed by atoms with Crippen molar-refractivity contribution in [3.05, 3.63) is 28.2 Å². The van der Waals surface area contributed by atoms with Crippen molar-refractivity contribution in [2.45, 2.75) is 32.2 Å². The van der Waals surface area contributed by atoms with Crippen molar-refractivity contribution in [3.8, 4) is 0 Å². The minimum atomic E-state index is 0.0673. The number of benzene rings is 1. The lowest BCUT2D eigenvalue weighted by molar-refractivity contribution is -0.117. The Balaban J connectivity index is 1.56. The van der Waals surface area contributed by atoms with Gasteiger partial charge in [0.05, 0.1) is 6.54 Å². The van der Waals surface area contributed by atoms with Gasteiger partial charge in [-0.1, -0.05) is 22.4 Å². The number of anilines is 1. The minimum absolute atomic E-state index is 0.0673. The first-order valence-corrected chi connectivity index (χ1v) is 8.86. The molecule has 1 amide bonds. The van der Waals surface area contributed by atoms with Crippen LogP contribution in [0, 0.1) is 18.8 Å². The van der Waals surface area contributed by atoms with Gasteiger partial charge in [0.15, 0.2) is 0 Å². The number of carbonyl (C=O) groups excluding carboxylic acids is 1. The highest BCUT2D eigenvalue weighted by molar-refractivity contribution is 9.10. The van der Waals surface area contributed by atoms with Crippen LogP contribution in [0.4, 0.5) is 5.69 Å². The molecule has 2 fully saturated rings. The highest BCUT2D eigenvalue weighted by Gasteiger charge is 2.38. The molecule has 1 aliphatic heterocycles. The molecule has 4 nitrogen and oxygen atoms in total. The van der Waals surface area contributed by atoms with Crippen LogP contribution >= 0.6 is 15.9 Å². The number of aryl methyl sites for hydroxylation is 1. The number of fused-ring (bicyclic) bond motifs is 1. The van der Waals surface area contributed by atoms with Crippen LogP contribution in [-0.4, -0.2) is 36.5 Å². The van der Waals surface area contributed by atoms with Crippen molar-refractivity contribution in [2.75, 3.05) is 25.0 Å². The van der Waals surface area contributed by atoms with Gasteiger partial charge in [-0.25, -0.2) is 0 Å². The number of nitrogens with two attached hydrogens (primary N) is 1. The first kappa shape index (κ1) is 16.0. The quantitative estimate of drug-likeness (QED) is 0.865. The molecule has 120 valence electrons. The molecule has 3 unspecified atom stereocenters. The molecule has 0 radical (unpaired) electrons. The molecule has 3 atom stereocenters. The molecule has 1 saturated heterocycles. The summed E-state index contributed by atoms with van der Waals surface area (Å²) in [5, 5.41) is 3.02. The van der Waals surface area contributed by atoms with Crippen molar-refractivity contribution in [2.24, 2.45) is 17.6 Å². The monoisotopic (exact) mass is 365 g/mol. The van der Waals surface area contributed by atoms with E-state index in [4.69, 9.17) is 5.73 Å². The van der Waals surface area contributed by atoms with E-state index in [2.05, 4.69) is 26.1 Å². The zero-order valence-corrected chi connectivity index (χ0v) is 14.6. The van der Waals surface area contributed by atoms with Gasteiger partial charge in [0.1, 0.15) is 0 Å². The van der Waals surface area contributed by atoms with Crippen LogP contribution in [0.2, 0.25) is 0 Å². The predicted molar refractivity (Wildman–Crippen MR) is 92.8 cm³/mol. The number of carbonyl (C=O) groups is 1. The van der Waals surface area contributed by atoms with E-state index >= 15 is 0 Å². The van der Waals surface area contributed by atoms with Crippen molar-refractivity contribution >= 4 is 27.5 Å². The maximum Gasteiger partial charge on any atom is 0.238 e. The number of rotatable bonds is 3. The Hall–Kier alpha value is -0.910. The number of nitrogens with zero attached hydrogens (tertiary/aromatic N) is 1. The number of halogens is 1. The van der Waals surface area contributed by atoms with Crippen molar-refractivity contribution in [3.63, 3.8) is 0 Å². The minimum Gasteiger partial charge on any atom is -0.327 e. The lowest BCUT2D eigenvalue weighted by Crippen LogP contribution is -2.38. The normalized spacial score (nSPS) is 28.4. The summed E-state index contributed by atoms with van der Waals surface area (Å²) in [5.74, 6) is 1.33. The highest BCUT2D eigenvalue weighted by Crippen LogP contribution is 2.35. The summed E-state index contributed by atoms with van der Waals surface area (Å²) in [5.41, 5.74) is 8.20. The summed E-state index contributed by atoms with van der Waals surface area (Å²) in [6.07, 6.45) is 3.64. The molecule has 1 aliphatic carbocycles. The van der Waals surface area contributed by atoms with E-state index in [1.54, 1.807) is 0 Å². The Morgan fingerprint density at radius 2 is 2.23 bits per heavy atom. The van der Waals surface area contributed by atoms with Gasteiger partial charge in [0.2, 0.25) is 5.91 Å². The third kappa shape index (κ3) is 3.53. The second-order valence-electron chi connectivity index (χ2n) is 6.72. The number of hydrogen-bond acceptors (Lipinski definition) is 3. The van der Waals surface area contributed by atoms with Crippen LogP contribution in [0.5, 0.6) is 0 Å². The van der Waals surface area contributed by atoms with Crippen LogP contribution in [0.25, 0.3) is 0 Å². The molecule has 3 N–H and O–H groups in total. The summed E-state index contributed by atoms with van der Waals surface area (Å²) >= 11 is 3.44. The average Bonchev–Trinajstić information content (AvgIpc) is 2.86. The van der Waals surface area contributed by atoms with Gasteiger partial charge < -0.3 is 11.1 Å². The fourth-order valence-corrected chi connectivity index (χ4v) is 4.37. The molecular weight excluding hydrogens is 342 g/mol. The molecule has 1 saturated carbocycles. The molecular formula is C17H24BrN3O. The molecule has 3 rings (SSSR count). The van der Waals surface area contributed by atoms with Gasteiger partial charge in [-0.05, 0) is 55.4 Å². The molecule has 0 aromatic heterocycles. The largest absolute Gasteiger partial charge is 0.327 e. The first-order valence-electron chi connectivity index (χ1n) is 8.07. The molecule has 2 aliphatic rings. The fourth-order valence-electron chi connectivity index (χ4n) is 3.90. The fraction of sp³-hybridized carbons (Fsp3) is 0.588. The van der Waals surface area contributed by atoms with Gasteiger partial charge in [-0.15, -0.1) is 0 Å². The standard InChI is InChI=1S/C17H24BrN3O/c1-11-7-13(18)5-6-16(11)20-17(22)10-21-8-12-3-2-4-15(19)14(12)9-21/h5-7,12,14-15H,2-4,8-10,19H2,1H3,(H,20,22). The Bertz CT molecular complexity index is 563. The third-order valence-corrected chi connectivity index (χ3v) is 5.55. The van der Waals surface area contributed by atoms with E-state index < -0.39 is 0 Å². The van der Waals surface area contributed by atoms with Gasteiger partial charge in [-0.2, -0.15) is 0 Å². The van der Waals surface area contributed by atoms with Crippen LogP contribution in [0.3, 0.4) is 0 Å². The number of nitrogens with one attached hydrogen (secondary N) is 1. The highest BCUT2D eigenvalue weighted by atomic mass is 79.9. The summed E-state index contributed by atoms with van der Waals surface area (Å²) < 4.78 is 1.03. The molecule has 1 heterocycles. The van der Waals surface area contributed by atoms with E-state index in [1.165, 1.54) is 12.8 Å². The van der Waals surface area contributed by atoms with Gasteiger partial charge in [0, 0.05) is 29.3 Å². The van der Waals surface area contributed by atoms with Crippen LogP contribution in [0.1, 0.15) is 24.8 Å². The Labute approximate surface area is 140 Å². The molecule has 0 spiro atoms. The Morgan fingerprint density at radius 1 is 1.41 bits per heavy atom. The SMILES string of the molecule is Cc1cc(Br)ccc1NC(=O)CN1CC2CCCC(N)C2C1. The zero-order valence-electron chi connectivity index (χ0n) is 13.0. The lowest BCUT2D eigenvalue weighted by Gasteiger charge is -2.29. The molecule has 1 aromatic carbocycles. The summed E-state index contributed by atoms with van der Waals surface area (Å²) in [6, 6.07) is 6.22. The number of hydrogen-bond donors (Lipinski definition) is 2. The van der Waals surface area contributed by atoms with Gasteiger partial charge >= 0.3 is 0 Å². The Morgan fingerprint density at radius 3 is 2.95 bits per heavy atom. The van der Waals surface area contributed by atoms with Gasteiger partial charge in [-0.3, -0.25) is 9.69 Å². The van der Waals surface area contributed by atoms with E-state index in [1.807, 2.05) is 25.1 Å². The van der Waals surface area contributed by atoms with E-state index in [0.29, 0.717) is 24.4 Å². The Kier molecular flexibility index (Phi) is 4.85. The first-order chi connectivity index (χ1) is 10.5. The van der Waals surface area contributed by atoms with Crippen molar-refractivity contribution < 1.29 is 4.79 Å². The maximum atomic E-state index is 12.3. The number of amides is 1. The van der Waals surface area contributed by atoms with E-state index in [0.717, 1.165) is 35.2 Å². The molecule has 1 aromatic rings. The summed E-state index contributed by atoms with van der Waals surface area (Å²) in [7, 11) is 0. The summed E-state index contributed by atoms with van der Waals surface area (Å²) in [6.45, 7) is 4.46. The van der Waals surface area contributed by atoms with E-state index in [9.17, 15) is 4.79 Å². The second kappa shape index (κ2) is 6.69. The third-order valence-electron chi connectivity index (χ3n) is 5.06. The molecule has 5 heteroatoms. The van der Waals surface area contributed by atoms with E-state index in [-0.39, 0.29) is 5.91 Å². The lowest BCUT2D eigenvalue weighted by atomic mass is 9.78. The van der Waals surface area contributed by atoms with Crippen molar-refractivity contribution in [1.29, 1.82) is 0 Å². The van der Waals surface area contributed by atoms with Crippen LogP contribution < -0.4 is 11.1 Å². The predicted octanol–water partition coefficient (Wildman–Crippen LogP) is 2.76. The van der Waals surface area contributed by atoms with Gasteiger partial charge in [0.25, 0.3) is 0 Å². The molecule has 22 heavy (non-hydrogen) atoms. The second-order valence-corrected chi connectivity index (χ2v) is 7.64. The number of likely N-dealkylation sites (tertiary alicyclic amines) is 1. The zero-order chi connectivity index (χ0) is 15.7. The van der Waals surface area contributed by atoms with Crippen molar-refractivity contribution in [1.82, 2.24) is 4.90 Å².